The lowest BCUT2D eigenvalue weighted by molar-refractivity contribution is -0.115. The van der Waals surface area contributed by atoms with Crippen LogP contribution < -0.4 is 5.32 Å². The zero-order valence-corrected chi connectivity index (χ0v) is 20.3. The highest BCUT2D eigenvalue weighted by atomic mass is 32.1. The van der Waals surface area contributed by atoms with Crippen LogP contribution in [0.1, 0.15) is 27.9 Å². The summed E-state index contributed by atoms with van der Waals surface area (Å²) in [5.41, 5.74) is 7.54. The number of nitrogens with zero attached hydrogens (tertiary/aromatic N) is 3. The summed E-state index contributed by atoms with van der Waals surface area (Å²) in [6.45, 7) is 11.6. The van der Waals surface area contributed by atoms with Crippen molar-refractivity contribution in [1.82, 2.24) is 14.8 Å². The Morgan fingerprint density at radius 1 is 1.06 bits per heavy atom. The zero-order valence-electron chi connectivity index (χ0n) is 19.4. The van der Waals surface area contributed by atoms with Gasteiger partial charge in [0, 0.05) is 49.4 Å². The Morgan fingerprint density at radius 3 is 2.50 bits per heavy atom. The molecule has 0 aliphatic carbocycles. The molecular formula is C26H32N4OS. The third-order valence-electron chi connectivity index (χ3n) is 6.01. The quantitative estimate of drug-likeness (QED) is 0.596. The van der Waals surface area contributed by atoms with Crippen LogP contribution in [-0.4, -0.2) is 53.9 Å². The predicted octanol–water partition coefficient (Wildman–Crippen LogP) is 4.66. The zero-order chi connectivity index (χ0) is 22.7. The summed E-state index contributed by atoms with van der Waals surface area (Å²) in [7, 11) is 2.18. The molecule has 1 fully saturated rings. The van der Waals surface area contributed by atoms with Crippen molar-refractivity contribution in [2.24, 2.45) is 0 Å². The van der Waals surface area contributed by atoms with Crippen molar-refractivity contribution in [1.29, 1.82) is 0 Å². The Hall–Kier alpha value is -2.54. The number of likely N-dealkylation sites (N-methyl/N-ethyl adjacent to an activating group) is 1. The maximum Gasteiger partial charge on any atom is 0.230 e. The molecule has 0 saturated carbocycles. The number of thiazole rings is 1. The highest BCUT2D eigenvalue weighted by molar-refractivity contribution is 7.13. The molecule has 1 saturated heterocycles. The molecule has 2 aromatic carbocycles. The largest absolute Gasteiger partial charge is 0.325 e. The fraction of sp³-hybridized carbons (Fsp3) is 0.385. The van der Waals surface area contributed by atoms with E-state index in [4.69, 9.17) is 4.98 Å². The van der Waals surface area contributed by atoms with Crippen molar-refractivity contribution < 1.29 is 4.79 Å². The monoisotopic (exact) mass is 448 g/mol. The van der Waals surface area contributed by atoms with Crippen molar-refractivity contribution in [3.8, 4) is 10.6 Å². The maximum atomic E-state index is 12.7. The first-order valence-corrected chi connectivity index (χ1v) is 12.1. The van der Waals surface area contributed by atoms with E-state index in [1.807, 2.05) is 19.2 Å². The average Bonchev–Trinajstić information content (AvgIpc) is 3.21. The number of nitrogens with one attached hydrogen (secondary N) is 1. The van der Waals surface area contributed by atoms with Crippen LogP contribution >= 0.6 is 11.3 Å². The second-order valence-electron chi connectivity index (χ2n) is 8.92. The van der Waals surface area contributed by atoms with Crippen LogP contribution in [0.3, 0.4) is 0 Å². The SMILES string of the molecule is Cc1cc(C)c(NC(=O)Cc2csc(-c3cccc(CN4CCN(C)CC4)c3)n2)c(C)c1. The Labute approximate surface area is 195 Å². The lowest BCUT2D eigenvalue weighted by atomic mass is 10.0. The van der Waals surface area contributed by atoms with Gasteiger partial charge >= 0.3 is 0 Å². The molecule has 1 amide bonds. The molecule has 6 heteroatoms. The molecule has 1 aromatic heterocycles. The molecule has 5 nitrogen and oxygen atoms in total. The molecule has 168 valence electrons. The number of anilines is 1. The first kappa shape index (κ1) is 22.6. The standard InChI is InChI=1S/C26H32N4OS/c1-18-12-19(2)25(20(3)13-18)28-24(31)15-23-17-32-26(27-23)22-7-5-6-21(14-22)16-30-10-8-29(4)9-11-30/h5-7,12-14,17H,8-11,15-16H2,1-4H3,(H,28,31). The number of hydrogen-bond donors (Lipinski definition) is 1. The fourth-order valence-electron chi connectivity index (χ4n) is 4.31. The van der Waals surface area contributed by atoms with Crippen LogP contribution in [0.4, 0.5) is 5.69 Å². The Morgan fingerprint density at radius 2 is 1.78 bits per heavy atom. The summed E-state index contributed by atoms with van der Waals surface area (Å²) in [5, 5.41) is 6.04. The third kappa shape index (κ3) is 5.63. The predicted molar refractivity (Wildman–Crippen MR) is 133 cm³/mol. The van der Waals surface area contributed by atoms with E-state index in [2.05, 4.69) is 65.5 Å². The molecule has 3 aromatic rings. The van der Waals surface area contributed by atoms with Gasteiger partial charge in [0.05, 0.1) is 12.1 Å². The van der Waals surface area contributed by atoms with Crippen LogP contribution in [0.5, 0.6) is 0 Å². The van der Waals surface area contributed by atoms with Gasteiger partial charge in [-0.1, -0.05) is 35.9 Å². The molecule has 32 heavy (non-hydrogen) atoms. The molecule has 0 radical (unpaired) electrons. The van der Waals surface area contributed by atoms with E-state index in [0.717, 1.165) is 65.8 Å². The van der Waals surface area contributed by atoms with Crippen molar-refractivity contribution in [3.63, 3.8) is 0 Å². The molecule has 2 heterocycles. The minimum Gasteiger partial charge on any atom is -0.325 e. The summed E-state index contributed by atoms with van der Waals surface area (Å²) >= 11 is 1.60. The van der Waals surface area contributed by atoms with E-state index in [0.29, 0.717) is 0 Å². The van der Waals surface area contributed by atoms with E-state index in [-0.39, 0.29) is 12.3 Å². The summed E-state index contributed by atoms with van der Waals surface area (Å²) in [5.74, 6) is -0.0271. The van der Waals surface area contributed by atoms with Crippen molar-refractivity contribution in [3.05, 3.63) is 69.7 Å². The van der Waals surface area contributed by atoms with Gasteiger partial charge in [-0.2, -0.15) is 0 Å². The topological polar surface area (TPSA) is 48.5 Å². The van der Waals surface area contributed by atoms with Gasteiger partial charge in [0.25, 0.3) is 0 Å². The number of aromatic nitrogens is 1. The van der Waals surface area contributed by atoms with Crippen LogP contribution in [0.15, 0.2) is 41.8 Å². The van der Waals surface area contributed by atoms with E-state index in [9.17, 15) is 4.79 Å². The lowest BCUT2D eigenvalue weighted by Crippen LogP contribution is -2.43. The molecular weight excluding hydrogens is 416 g/mol. The number of hydrogen-bond acceptors (Lipinski definition) is 5. The summed E-state index contributed by atoms with van der Waals surface area (Å²) in [6.07, 6.45) is 0.282. The average molecular weight is 449 g/mol. The smallest absolute Gasteiger partial charge is 0.230 e. The van der Waals surface area contributed by atoms with Crippen LogP contribution in [0.25, 0.3) is 10.6 Å². The van der Waals surface area contributed by atoms with Gasteiger partial charge in [-0.25, -0.2) is 4.98 Å². The second-order valence-corrected chi connectivity index (χ2v) is 9.78. The van der Waals surface area contributed by atoms with Gasteiger partial charge in [0.1, 0.15) is 5.01 Å². The number of carbonyl (C=O) groups is 1. The maximum absolute atomic E-state index is 12.7. The Bertz CT molecular complexity index is 1080. The van der Waals surface area contributed by atoms with Crippen LogP contribution in [0.2, 0.25) is 0 Å². The van der Waals surface area contributed by atoms with E-state index < -0.39 is 0 Å². The van der Waals surface area contributed by atoms with Gasteiger partial charge in [-0.3, -0.25) is 9.69 Å². The normalized spacial score (nSPS) is 15.1. The lowest BCUT2D eigenvalue weighted by Gasteiger charge is -2.32. The minimum absolute atomic E-state index is 0.0271. The number of piperazine rings is 1. The molecule has 1 aliphatic heterocycles. The number of aryl methyl sites for hydroxylation is 3. The Balaban J connectivity index is 1.40. The second kappa shape index (κ2) is 9.94. The number of benzene rings is 2. The van der Waals surface area contributed by atoms with Crippen molar-refractivity contribution in [2.75, 3.05) is 38.5 Å². The van der Waals surface area contributed by atoms with Gasteiger partial charge < -0.3 is 10.2 Å². The van der Waals surface area contributed by atoms with Gasteiger partial charge in [0.2, 0.25) is 5.91 Å². The van der Waals surface area contributed by atoms with Crippen LogP contribution in [-0.2, 0) is 17.8 Å². The molecule has 1 N–H and O–H groups in total. The molecule has 4 rings (SSSR count). The fourth-order valence-corrected chi connectivity index (χ4v) is 5.13. The highest BCUT2D eigenvalue weighted by Gasteiger charge is 2.15. The summed E-state index contributed by atoms with van der Waals surface area (Å²) in [6, 6.07) is 12.8. The van der Waals surface area contributed by atoms with Crippen molar-refractivity contribution in [2.45, 2.75) is 33.7 Å². The summed E-state index contributed by atoms with van der Waals surface area (Å²) < 4.78 is 0. The molecule has 0 spiro atoms. The minimum atomic E-state index is -0.0271. The number of rotatable bonds is 6. The highest BCUT2D eigenvalue weighted by Crippen LogP contribution is 2.26. The first-order chi connectivity index (χ1) is 15.4. The van der Waals surface area contributed by atoms with E-state index in [1.165, 1.54) is 11.1 Å². The third-order valence-corrected chi connectivity index (χ3v) is 6.95. The van der Waals surface area contributed by atoms with Gasteiger partial charge in [0.15, 0.2) is 0 Å². The number of carbonyl (C=O) groups excluding carboxylic acids is 1. The first-order valence-electron chi connectivity index (χ1n) is 11.2. The van der Waals surface area contributed by atoms with Crippen LogP contribution in [0, 0.1) is 20.8 Å². The summed E-state index contributed by atoms with van der Waals surface area (Å²) in [4.78, 5) is 22.3. The van der Waals surface area contributed by atoms with Gasteiger partial charge in [-0.05, 0) is 50.6 Å². The Kier molecular flexibility index (Phi) is 7.04. The van der Waals surface area contributed by atoms with E-state index >= 15 is 0 Å². The number of amides is 1. The molecule has 0 bridgehead atoms. The van der Waals surface area contributed by atoms with E-state index in [1.54, 1.807) is 11.3 Å². The molecule has 0 unspecified atom stereocenters. The van der Waals surface area contributed by atoms with Crippen molar-refractivity contribution >= 4 is 22.9 Å². The van der Waals surface area contributed by atoms with Gasteiger partial charge in [-0.15, -0.1) is 11.3 Å². The molecule has 0 atom stereocenters. The molecule has 1 aliphatic rings.